The molecule has 2 atom stereocenters. The van der Waals surface area contributed by atoms with Gasteiger partial charge in [0.2, 0.25) is 0 Å². The number of nitrogens with one attached hydrogen (secondary N) is 2. The number of nitrogens with zero attached hydrogens (tertiary/aromatic N) is 3. The van der Waals surface area contributed by atoms with Crippen LogP contribution in [0.25, 0.3) is 10.9 Å². The highest BCUT2D eigenvalue weighted by atomic mass is 35.5. The summed E-state index contributed by atoms with van der Waals surface area (Å²) in [6.45, 7) is 2.73. The lowest BCUT2D eigenvalue weighted by atomic mass is 9.97. The number of carbonyl (C=O) groups is 1. The van der Waals surface area contributed by atoms with Crippen LogP contribution in [0.1, 0.15) is 12.8 Å². The Morgan fingerprint density at radius 1 is 1.22 bits per heavy atom. The third-order valence-corrected chi connectivity index (χ3v) is 6.30. The predicted molar refractivity (Wildman–Crippen MR) is 135 cm³/mol. The summed E-state index contributed by atoms with van der Waals surface area (Å²) in [5.41, 5.74) is 4.55. The van der Waals surface area contributed by atoms with Gasteiger partial charge in [0.1, 0.15) is 30.4 Å². The molecule has 2 N–H and O–H groups in total. The number of anilines is 2. The van der Waals surface area contributed by atoms with Gasteiger partial charge in [-0.3, -0.25) is 5.43 Å². The summed E-state index contributed by atoms with van der Waals surface area (Å²) in [6, 6.07) is 7.89. The maximum atomic E-state index is 13.6. The molecule has 0 aliphatic carbocycles. The number of piperidine rings is 1. The first kappa shape index (κ1) is 26.0. The molecule has 1 aromatic heterocycles. The number of rotatable bonds is 11. The van der Waals surface area contributed by atoms with Crippen molar-refractivity contribution in [1.29, 1.82) is 0 Å². The molecule has 0 amide bonds. The number of aldehydes is 1. The molecule has 0 radical (unpaired) electrons. The van der Waals surface area contributed by atoms with Gasteiger partial charge in [-0.25, -0.2) is 19.4 Å². The number of halogens is 2. The zero-order valence-electron chi connectivity index (χ0n) is 20.2. The van der Waals surface area contributed by atoms with Crippen LogP contribution in [0.4, 0.5) is 15.9 Å². The lowest BCUT2D eigenvalue weighted by Gasteiger charge is -2.36. The van der Waals surface area contributed by atoms with Gasteiger partial charge >= 0.3 is 0 Å². The molecule has 9 nitrogen and oxygen atoms in total. The summed E-state index contributed by atoms with van der Waals surface area (Å²) in [5, 5.41) is 5.89. The molecule has 192 valence electrons. The molecule has 1 fully saturated rings. The summed E-state index contributed by atoms with van der Waals surface area (Å²) < 4.78 is 30.6. The Kier molecular flexibility index (Phi) is 8.87. The van der Waals surface area contributed by atoms with E-state index in [0.29, 0.717) is 53.5 Å². The minimum Gasteiger partial charge on any atom is -0.493 e. The van der Waals surface area contributed by atoms with Gasteiger partial charge in [-0.15, -0.1) is 0 Å². The number of fused-ring (bicyclic) bond motifs is 1. The van der Waals surface area contributed by atoms with Crippen molar-refractivity contribution in [3.05, 3.63) is 47.5 Å². The Morgan fingerprint density at radius 2 is 2.08 bits per heavy atom. The monoisotopic (exact) mass is 517 g/mol. The molecular formula is C25H29ClFN5O4. The second-order valence-electron chi connectivity index (χ2n) is 8.44. The normalized spacial score (nSPS) is 18.2. The van der Waals surface area contributed by atoms with Gasteiger partial charge in [-0.1, -0.05) is 11.6 Å². The van der Waals surface area contributed by atoms with Crippen molar-refractivity contribution in [1.82, 2.24) is 20.4 Å². The number of benzene rings is 2. The van der Waals surface area contributed by atoms with Crippen LogP contribution in [0, 0.1) is 11.7 Å². The van der Waals surface area contributed by atoms with Crippen LogP contribution >= 0.6 is 11.6 Å². The largest absolute Gasteiger partial charge is 0.493 e. The van der Waals surface area contributed by atoms with Crippen molar-refractivity contribution >= 4 is 40.3 Å². The van der Waals surface area contributed by atoms with Gasteiger partial charge in [0.25, 0.3) is 0 Å². The molecule has 3 aromatic rings. The first-order chi connectivity index (χ1) is 17.5. The van der Waals surface area contributed by atoms with Crippen molar-refractivity contribution in [3.63, 3.8) is 0 Å². The third kappa shape index (κ3) is 6.19. The average molecular weight is 518 g/mol. The zero-order chi connectivity index (χ0) is 25.5. The summed E-state index contributed by atoms with van der Waals surface area (Å²) in [6.07, 6.45) is 3.59. The summed E-state index contributed by atoms with van der Waals surface area (Å²) >= 11 is 5.93. The fraction of sp³-hybridized carbons (Fsp3) is 0.400. The molecule has 0 saturated carbocycles. The van der Waals surface area contributed by atoms with Crippen LogP contribution in [0.3, 0.4) is 0 Å². The zero-order valence-corrected chi connectivity index (χ0v) is 20.9. The van der Waals surface area contributed by atoms with Crippen molar-refractivity contribution in [2.45, 2.75) is 18.9 Å². The number of aromatic nitrogens is 2. The third-order valence-electron chi connectivity index (χ3n) is 6.01. The Labute approximate surface area is 213 Å². The number of hydrazine groups is 1. The summed E-state index contributed by atoms with van der Waals surface area (Å²) in [5.74, 6) is 0.661. The Balaban J connectivity index is 1.54. The highest BCUT2D eigenvalue weighted by Gasteiger charge is 2.31. The minimum absolute atomic E-state index is 0.00323. The second-order valence-corrected chi connectivity index (χ2v) is 8.85. The van der Waals surface area contributed by atoms with Crippen LogP contribution in [0.2, 0.25) is 5.02 Å². The molecule has 2 heterocycles. The average Bonchev–Trinajstić information content (AvgIpc) is 2.89. The fourth-order valence-corrected chi connectivity index (χ4v) is 4.30. The quantitative estimate of drug-likeness (QED) is 0.289. The Bertz CT molecular complexity index is 1200. The molecule has 11 heteroatoms. The lowest BCUT2D eigenvalue weighted by molar-refractivity contribution is -0.117. The number of ether oxygens (including phenoxy) is 3. The fourth-order valence-electron chi connectivity index (χ4n) is 4.12. The van der Waals surface area contributed by atoms with Gasteiger partial charge in [0, 0.05) is 50.5 Å². The smallest absolute Gasteiger partial charge is 0.162 e. The minimum atomic E-state index is -0.504. The number of hydrogen-bond acceptors (Lipinski definition) is 9. The van der Waals surface area contributed by atoms with Crippen LogP contribution in [0.5, 0.6) is 11.5 Å². The molecule has 4 rings (SSSR count). The standard InChI is InChI=1S/C25H29ClFN5O4/c1-34-9-3-7-30-32-8-6-22(16(13-32)14-33)36-24-11-18-21(12-23(24)35-2)28-15-29-25(18)31-17-4-5-20(27)19(26)10-17/h4-5,10-12,14-16,22,30H,3,6-9,13H2,1-2H3,(H,28,29,31). The molecule has 36 heavy (non-hydrogen) atoms. The molecule has 1 saturated heterocycles. The van der Waals surface area contributed by atoms with Crippen LogP contribution in [-0.4, -0.2) is 67.8 Å². The van der Waals surface area contributed by atoms with Gasteiger partial charge in [-0.05, 0) is 37.1 Å². The van der Waals surface area contributed by atoms with Gasteiger partial charge in [0.15, 0.2) is 11.5 Å². The van der Waals surface area contributed by atoms with E-state index in [1.165, 1.54) is 18.5 Å². The van der Waals surface area contributed by atoms with Gasteiger partial charge in [0.05, 0.1) is 23.6 Å². The van der Waals surface area contributed by atoms with E-state index in [2.05, 4.69) is 25.7 Å². The van der Waals surface area contributed by atoms with Crippen molar-refractivity contribution in [3.8, 4) is 11.5 Å². The van der Waals surface area contributed by atoms with Crippen LogP contribution in [0.15, 0.2) is 36.7 Å². The van der Waals surface area contributed by atoms with Crippen LogP contribution in [-0.2, 0) is 9.53 Å². The van der Waals surface area contributed by atoms with E-state index < -0.39 is 5.82 Å². The maximum Gasteiger partial charge on any atom is 0.162 e. The van der Waals surface area contributed by atoms with E-state index in [4.69, 9.17) is 25.8 Å². The Morgan fingerprint density at radius 3 is 2.83 bits per heavy atom. The highest BCUT2D eigenvalue weighted by molar-refractivity contribution is 6.31. The van der Waals surface area contributed by atoms with Gasteiger partial charge < -0.3 is 24.3 Å². The first-order valence-electron chi connectivity index (χ1n) is 11.7. The topological polar surface area (TPSA) is 97.8 Å². The van der Waals surface area contributed by atoms with E-state index in [9.17, 15) is 9.18 Å². The van der Waals surface area contributed by atoms with E-state index in [1.54, 1.807) is 32.4 Å². The first-order valence-corrected chi connectivity index (χ1v) is 12.0. The molecule has 0 bridgehead atoms. The second kappa shape index (κ2) is 12.3. The van der Waals surface area contributed by atoms with Crippen LogP contribution < -0.4 is 20.2 Å². The Hall–Kier alpha value is -3.05. The van der Waals surface area contributed by atoms with E-state index in [0.717, 1.165) is 25.8 Å². The highest BCUT2D eigenvalue weighted by Crippen LogP contribution is 2.37. The van der Waals surface area contributed by atoms with Crippen molar-refractivity contribution < 1.29 is 23.4 Å². The van der Waals surface area contributed by atoms with Crippen molar-refractivity contribution in [2.24, 2.45) is 5.92 Å². The van der Waals surface area contributed by atoms with E-state index in [1.807, 2.05) is 0 Å². The number of methoxy groups -OCH3 is 2. The van der Waals surface area contributed by atoms with E-state index >= 15 is 0 Å². The predicted octanol–water partition coefficient (Wildman–Crippen LogP) is 3.98. The molecule has 2 unspecified atom stereocenters. The maximum absolute atomic E-state index is 13.6. The number of carbonyl (C=O) groups excluding carboxylic acids is 1. The SMILES string of the molecule is COCCCNN1CCC(Oc2cc3c(Nc4ccc(F)c(Cl)c4)ncnc3cc2OC)C(C=O)C1. The number of hydrogen-bond donors (Lipinski definition) is 2. The molecule has 2 aromatic carbocycles. The summed E-state index contributed by atoms with van der Waals surface area (Å²) in [7, 11) is 3.23. The van der Waals surface area contributed by atoms with Gasteiger partial charge in [-0.2, -0.15) is 0 Å². The molecular weight excluding hydrogens is 489 g/mol. The molecule has 1 aliphatic heterocycles. The summed E-state index contributed by atoms with van der Waals surface area (Å²) in [4.78, 5) is 20.6. The van der Waals surface area contributed by atoms with Crippen molar-refractivity contribution in [2.75, 3.05) is 45.8 Å². The lowest BCUT2D eigenvalue weighted by Crippen LogP contribution is -2.51. The molecule has 0 spiro atoms. The van der Waals surface area contributed by atoms with E-state index in [-0.39, 0.29) is 17.0 Å². The molecule has 1 aliphatic rings.